The zero-order valence-corrected chi connectivity index (χ0v) is 18.1. The molecule has 3 aromatic rings. The lowest BCUT2D eigenvalue weighted by atomic mass is 9.99. The first-order chi connectivity index (χ1) is 15.0. The Morgan fingerprint density at radius 2 is 1.94 bits per heavy atom. The van der Waals surface area contributed by atoms with E-state index in [0.717, 1.165) is 46.1 Å². The Kier molecular flexibility index (Phi) is 5.16. The minimum Gasteiger partial charge on any atom is -0.353 e. The average Bonchev–Trinajstić information content (AvgIpc) is 3.16. The smallest absolute Gasteiger partial charge is 0.255 e. The number of hydrogen-bond donors (Lipinski definition) is 1. The highest BCUT2D eigenvalue weighted by atomic mass is 35.5. The molecule has 1 fully saturated rings. The second-order valence-electron chi connectivity index (χ2n) is 7.75. The van der Waals surface area contributed by atoms with Gasteiger partial charge in [-0.25, -0.2) is 4.98 Å². The van der Waals surface area contributed by atoms with Crippen LogP contribution in [0.5, 0.6) is 0 Å². The molecule has 5 rings (SSSR count). The Hall–Kier alpha value is -2.89. The highest BCUT2D eigenvalue weighted by Crippen LogP contribution is 2.38. The summed E-state index contributed by atoms with van der Waals surface area (Å²) in [6, 6.07) is 13.2. The van der Waals surface area contributed by atoms with Crippen LogP contribution in [-0.2, 0) is 11.2 Å². The van der Waals surface area contributed by atoms with Gasteiger partial charge in [-0.2, -0.15) is 0 Å². The van der Waals surface area contributed by atoms with Crippen LogP contribution < -0.4 is 5.32 Å². The zero-order chi connectivity index (χ0) is 21.5. The van der Waals surface area contributed by atoms with Gasteiger partial charge in [0, 0.05) is 18.5 Å². The van der Waals surface area contributed by atoms with Crippen LogP contribution >= 0.6 is 23.2 Å². The Morgan fingerprint density at radius 3 is 2.74 bits per heavy atom. The fourth-order valence-corrected chi connectivity index (χ4v) is 4.60. The Labute approximate surface area is 189 Å². The molecule has 0 saturated carbocycles. The first-order valence-electron chi connectivity index (χ1n) is 10.1. The van der Waals surface area contributed by atoms with Crippen LogP contribution in [0.2, 0.25) is 10.0 Å². The summed E-state index contributed by atoms with van der Waals surface area (Å²) in [6.07, 6.45) is 3.56. The molecule has 2 amide bonds. The number of piperazine rings is 1. The van der Waals surface area contributed by atoms with Gasteiger partial charge in [0.1, 0.15) is 0 Å². The quantitative estimate of drug-likeness (QED) is 0.618. The van der Waals surface area contributed by atoms with Crippen LogP contribution in [0.4, 0.5) is 0 Å². The molecule has 0 unspecified atom stereocenters. The molecule has 0 bridgehead atoms. The third-order valence-corrected chi connectivity index (χ3v) is 6.50. The van der Waals surface area contributed by atoms with Crippen molar-refractivity contribution in [3.63, 3.8) is 0 Å². The minimum absolute atomic E-state index is 0.0796. The number of benzene rings is 2. The molecule has 2 heterocycles. The first-order valence-corrected chi connectivity index (χ1v) is 10.9. The number of hydrogen-bond acceptors (Lipinski definition) is 3. The molecule has 1 aliphatic carbocycles. The van der Waals surface area contributed by atoms with E-state index in [-0.39, 0.29) is 18.4 Å². The standard InChI is InChI=1S/C24H19Cl2N3O2/c25-18-8-5-14(12-19(18)26)11-15-6-7-17-22(24(31)29-10-9-27-21(30)13-29)16-3-1-2-4-20(16)28-23(15)17/h1-5,8,11-12H,6-7,9-10,13H2,(H,27,30). The number of fused-ring (bicyclic) bond motifs is 2. The molecule has 0 radical (unpaired) electrons. The van der Waals surface area contributed by atoms with Crippen molar-refractivity contribution in [2.75, 3.05) is 19.6 Å². The maximum atomic E-state index is 13.5. The van der Waals surface area contributed by atoms with Gasteiger partial charge >= 0.3 is 0 Å². The van der Waals surface area contributed by atoms with E-state index in [2.05, 4.69) is 11.4 Å². The molecule has 1 N–H and O–H groups in total. The number of halogens is 2. The van der Waals surface area contributed by atoms with Gasteiger partial charge in [0.25, 0.3) is 5.91 Å². The van der Waals surface area contributed by atoms with Crippen molar-refractivity contribution in [2.45, 2.75) is 12.8 Å². The van der Waals surface area contributed by atoms with Gasteiger partial charge in [0.2, 0.25) is 5.91 Å². The summed E-state index contributed by atoms with van der Waals surface area (Å²) in [4.78, 5) is 31.9. The molecular weight excluding hydrogens is 433 g/mol. The Morgan fingerprint density at radius 1 is 1.10 bits per heavy atom. The summed E-state index contributed by atoms with van der Waals surface area (Å²) in [6.45, 7) is 1.05. The molecule has 0 atom stereocenters. The van der Waals surface area contributed by atoms with Gasteiger partial charge < -0.3 is 10.2 Å². The molecule has 156 valence electrons. The average molecular weight is 452 g/mol. The lowest BCUT2D eigenvalue weighted by Crippen LogP contribution is -2.50. The lowest BCUT2D eigenvalue weighted by molar-refractivity contribution is -0.123. The molecule has 2 aromatic carbocycles. The highest BCUT2D eigenvalue weighted by Gasteiger charge is 2.30. The summed E-state index contributed by atoms with van der Waals surface area (Å²) < 4.78 is 0. The van der Waals surface area contributed by atoms with Crippen LogP contribution in [0.1, 0.15) is 33.6 Å². The van der Waals surface area contributed by atoms with E-state index in [1.165, 1.54) is 0 Å². The maximum Gasteiger partial charge on any atom is 0.255 e. The summed E-state index contributed by atoms with van der Waals surface area (Å²) in [5, 5.41) is 4.62. The summed E-state index contributed by atoms with van der Waals surface area (Å²) >= 11 is 12.2. The first kappa shape index (κ1) is 20.0. The number of pyridine rings is 1. The molecule has 1 aliphatic heterocycles. The molecule has 0 spiro atoms. The summed E-state index contributed by atoms with van der Waals surface area (Å²) in [7, 11) is 0. The molecule has 31 heavy (non-hydrogen) atoms. The monoisotopic (exact) mass is 451 g/mol. The van der Waals surface area contributed by atoms with Crippen molar-refractivity contribution >= 4 is 57.6 Å². The van der Waals surface area contributed by atoms with Crippen LogP contribution in [-0.4, -0.2) is 41.3 Å². The van der Waals surface area contributed by atoms with Gasteiger partial charge in [0.05, 0.1) is 33.4 Å². The van der Waals surface area contributed by atoms with E-state index in [1.54, 1.807) is 11.0 Å². The number of nitrogens with zero attached hydrogens (tertiary/aromatic N) is 2. The van der Waals surface area contributed by atoms with Crippen molar-refractivity contribution in [1.82, 2.24) is 15.2 Å². The number of amides is 2. The van der Waals surface area contributed by atoms with E-state index < -0.39 is 0 Å². The number of carbonyl (C=O) groups is 2. The predicted octanol–water partition coefficient (Wildman–Crippen LogP) is 4.60. The zero-order valence-electron chi connectivity index (χ0n) is 16.6. The number of carbonyl (C=O) groups excluding carboxylic acids is 2. The van der Waals surface area contributed by atoms with Crippen LogP contribution in [0, 0.1) is 0 Å². The molecule has 1 aromatic heterocycles. The van der Waals surface area contributed by atoms with E-state index >= 15 is 0 Å². The van der Waals surface area contributed by atoms with Gasteiger partial charge in [-0.3, -0.25) is 9.59 Å². The maximum absolute atomic E-state index is 13.5. The molecular formula is C24H19Cl2N3O2. The van der Waals surface area contributed by atoms with E-state index in [9.17, 15) is 9.59 Å². The van der Waals surface area contributed by atoms with Crippen molar-refractivity contribution in [1.29, 1.82) is 0 Å². The number of rotatable bonds is 2. The highest BCUT2D eigenvalue weighted by molar-refractivity contribution is 6.42. The Balaban J connectivity index is 1.64. The largest absolute Gasteiger partial charge is 0.353 e. The normalized spacial score (nSPS) is 17.2. The number of allylic oxidation sites excluding steroid dienone is 1. The van der Waals surface area contributed by atoms with E-state index in [4.69, 9.17) is 28.2 Å². The van der Waals surface area contributed by atoms with E-state index in [1.807, 2.05) is 36.4 Å². The lowest BCUT2D eigenvalue weighted by Gasteiger charge is -2.28. The SMILES string of the molecule is O=C1CN(C(=O)c2c3c(nc4ccccc24)C(=Cc2ccc(Cl)c(Cl)c2)CC3)CCN1. The summed E-state index contributed by atoms with van der Waals surface area (Å²) in [5.41, 5.74) is 5.22. The Bertz CT molecular complexity index is 1270. The number of aromatic nitrogens is 1. The summed E-state index contributed by atoms with van der Waals surface area (Å²) in [5.74, 6) is -0.240. The van der Waals surface area contributed by atoms with E-state index in [0.29, 0.717) is 28.7 Å². The van der Waals surface area contributed by atoms with Crippen molar-refractivity contribution in [3.8, 4) is 0 Å². The fraction of sp³-hybridized carbons (Fsp3) is 0.208. The van der Waals surface area contributed by atoms with Gasteiger partial charge in [-0.1, -0.05) is 47.5 Å². The molecule has 5 nitrogen and oxygen atoms in total. The number of nitrogens with one attached hydrogen (secondary N) is 1. The van der Waals surface area contributed by atoms with Crippen molar-refractivity contribution < 1.29 is 9.59 Å². The van der Waals surface area contributed by atoms with Crippen LogP contribution in [0.15, 0.2) is 42.5 Å². The third kappa shape index (κ3) is 3.68. The topological polar surface area (TPSA) is 62.3 Å². The van der Waals surface area contributed by atoms with Gasteiger partial charge in [-0.05, 0) is 53.8 Å². The van der Waals surface area contributed by atoms with Crippen molar-refractivity contribution in [3.05, 3.63) is 74.9 Å². The fourth-order valence-electron chi connectivity index (χ4n) is 4.30. The third-order valence-electron chi connectivity index (χ3n) is 5.77. The van der Waals surface area contributed by atoms with Crippen LogP contribution in [0.3, 0.4) is 0 Å². The molecule has 2 aliphatic rings. The number of para-hydroxylation sites is 1. The molecule has 7 heteroatoms. The minimum atomic E-state index is -0.130. The predicted molar refractivity (Wildman–Crippen MR) is 123 cm³/mol. The second-order valence-corrected chi connectivity index (χ2v) is 8.57. The molecule has 1 saturated heterocycles. The van der Waals surface area contributed by atoms with Gasteiger partial charge in [0.15, 0.2) is 0 Å². The van der Waals surface area contributed by atoms with Crippen LogP contribution in [0.25, 0.3) is 22.6 Å². The van der Waals surface area contributed by atoms with Crippen molar-refractivity contribution in [2.24, 2.45) is 0 Å². The second kappa shape index (κ2) is 7.98. The van der Waals surface area contributed by atoms with Gasteiger partial charge in [-0.15, -0.1) is 0 Å².